The van der Waals surface area contributed by atoms with Crippen molar-refractivity contribution in [2.75, 3.05) is 18.4 Å². The number of amidine groups is 2. The molecule has 0 saturated carbocycles. The summed E-state index contributed by atoms with van der Waals surface area (Å²) in [7, 11) is -3.86. The van der Waals surface area contributed by atoms with Crippen molar-refractivity contribution in [1.29, 1.82) is 0 Å². The van der Waals surface area contributed by atoms with Gasteiger partial charge in [-0.05, 0) is 38.3 Å². The molecule has 0 bridgehead atoms. The lowest BCUT2D eigenvalue weighted by atomic mass is 10.0. The van der Waals surface area contributed by atoms with Gasteiger partial charge in [0.15, 0.2) is 21.6 Å². The Morgan fingerprint density at radius 1 is 1.18 bits per heavy atom. The van der Waals surface area contributed by atoms with Crippen LogP contribution in [0.5, 0.6) is 5.75 Å². The summed E-state index contributed by atoms with van der Waals surface area (Å²) in [5.74, 6) is 1.62. The Bertz CT molecular complexity index is 1240. The molecular formula is C21H31N5O5S3. The third-order valence-corrected chi connectivity index (χ3v) is 9.87. The summed E-state index contributed by atoms with van der Waals surface area (Å²) < 4.78 is 53.2. The van der Waals surface area contributed by atoms with Crippen LogP contribution in [0.3, 0.4) is 0 Å². The van der Waals surface area contributed by atoms with E-state index in [4.69, 9.17) is 4.42 Å². The number of nitrogens with zero attached hydrogens (tertiary/aromatic N) is 3. The van der Waals surface area contributed by atoms with Gasteiger partial charge in [0.1, 0.15) is 11.5 Å². The lowest BCUT2D eigenvalue weighted by molar-refractivity contribution is 0.369. The minimum Gasteiger partial charge on any atom is -0.504 e. The number of hydrogen-bond donors (Lipinski definition) is 3. The van der Waals surface area contributed by atoms with Crippen molar-refractivity contribution in [2.45, 2.75) is 58.7 Å². The molecule has 2 aromatic rings. The van der Waals surface area contributed by atoms with Gasteiger partial charge in [0.05, 0.1) is 11.7 Å². The molecule has 188 valence electrons. The van der Waals surface area contributed by atoms with E-state index >= 15 is 0 Å². The highest BCUT2D eigenvalue weighted by Gasteiger charge is 2.32. The van der Waals surface area contributed by atoms with Crippen LogP contribution in [0.15, 0.2) is 23.5 Å². The highest BCUT2D eigenvalue weighted by atomic mass is 32.2. The van der Waals surface area contributed by atoms with E-state index in [9.17, 15) is 17.7 Å². The van der Waals surface area contributed by atoms with Crippen LogP contribution >= 0.6 is 11.3 Å². The molecule has 3 rings (SSSR count). The molecule has 0 aliphatic carbocycles. The van der Waals surface area contributed by atoms with Gasteiger partial charge in [0.25, 0.3) is 21.2 Å². The number of thiophene rings is 1. The quantitative estimate of drug-likeness (QED) is 0.473. The van der Waals surface area contributed by atoms with Gasteiger partial charge in [0.2, 0.25) is 0 Å². The number of anilines is 1. The predicted molar refractivity (Wildman–Crippen MR) is 136 cm³/mol. The number of aromatic hydroxyl groups is 1. The van der Waals surface area contributed by atoms with E-state index in [2.05, 4.69) is 19.4 Å². The predicted octanol–water partition coefficient (Wildman–Crippen LogP) is 3.79. The van der Waals surface area contributed by atoms with Crippen LogP contribution in [0.1, 0.15) is 55.7 Å². The first-order valence-electron chi connectivity index (χ1n) is 10.9. The van der Waals surface area contributed by atoms with E-state index in [1.807, 2.05) is 33.8 Å². The van der Waals surface area contributed by atoms with Crippen LogP contribution in [0, 0.1) is 26.7 Å². The fraction of sp³-hybridized carbons (Fsp3) is 0.524. The standard InChI is InChI=1S/C21H31N5O5S3/c1-8-26(9-2)34(29,30)21-18(27)17(14(7)32-21)23-20-19(24-33(28)25-20)22-16(11(3)4)15-10-12(5)13(6)31-15/h10-11,16,27H,8-9H2,1-7H3,(H,22,24)(H,23,25). The van der Waals surface area contributed by atoms with E-state index in [1.165, 1.54) is 4.31 Å². The van der Waals surface area contributed by atoms with Crippen molar-refractivity contribution >= 4 is 49.9 Å². The number of rotatable bonds is 8. The molecule has 0 fully saturated rings. The van der Waals surface area contributed by atoms with E-state index in [0.717, 1.165) is 22.7 Å². The Kier molecular flexibility index (Phi) is 7.90. The summed E-state index contributed by atoms with van der Waals surface area (Å²) in [6.45, 7) is 13.6. The molecular weight excluding hydrogens is 498 g/mol. The van der Waals surface area contributed by atoms with Gasteiger partial charge < -0.3 is 20.2 Å². The molecule has 1 aliphatic rings. The van der Waals surface area contributed by atoms with Crippen LogP contribution < -0.4 is 10.6 Å². The summed E-state index contributed by atoms with van der Waals surface area (Å²) in [5, 5.41) is 17.0. The van der Waals surface area contributed by atoms with E-state index < -0.39 is 26.9 Å². The van der Waals surface area contributed by atoms with Crippen molar-refractivity contribution in [3.63, 3.8) is 0 Å². The first-order valence-corrected chi connectivity index (χ1v) is 14.2. The molecule has 3 N–H and O–H groups in total. The fourth-order valence-corrected chi connectivity index (χ4v) is 7.26. The lowest BCUT2D eigenvalue weighted by Gasteiger charge is -2.22. The molecule has 0 radical (unpaired) electrons. The summed E-state index contributed by atoms with van der Waals surface area (Å²) in [6.07, 6.45) is 0. The van der Waals surface area contributed by atoms with Crippen molar-refractivity contribution in [1.82, 2.24) is 9.62 Å². The monoisotopic (exact) mass is 529 g/mol. The van der Waals surface area contributed by atoms with Gasteiger partial charge in [-0.25, -0.2) is 12.6 Å². The minimum absolute atomic E-state index is 0.102. The van der Waals surface area contributed by atoms with Crippen molar-refractivity contribution < 1.29 is 22.2 Å². The van der Waals surface area contributed by atoms with Crippen molar-refractivity contribution in [2.24, 2.45) is 14.7 Å². The van der Waals surface area contributed by atoms with Crippen molar-refractivity contribution in [3.8, 4) is 5.75 Å². The number of sulfonamides is 1. The molecule has 2 unspecified atom stereocenters. The average molecular weight is 530 g/mol. The van der Waals surface area contributed by atoms with Gasteiger partial charge in [-0.2, -0.15) is 4.31 Å². The zero-order chi connectivity index (χ0) is 25.4. The maximum Gasteiger partial charge on any atom is 0.269 e. The van der Waals surface area contributed by atoms with Gasteiger partial charge in [-0.3, -0.25) is 0 Å². The number of hydrogen-bond acceptors (Lipinski definition) is 8. The largest absolute Gasteiger partial charge is 0.504 e. The Hall–Kier alpha value is -2.22. The third-order valence-electron chi connectivity index (χ3n) is 5.56. The number of aryl methyl sites for hydroxylation is 3. The maximum absolute atomic E-state index is 13.0. The molecule has 0 spiro atoms. The number of furan rings is 1. The molecule has 0 aromatic carbocycles. The molecule has 0 saturated heterocycles. The van der Waals surface area contributed by atoms with E-state index in [0.29, 0.717) is 10.6 Å². The smallest absolute Gasteiger partial charge is 0.269 e. The molecule has 2 aromatic heterocycles. The summed E-state index contributed by atoms with van der Waals surface area (Å²) in [4.78, 5) is 0.542. The van der Waals surface area contributed by atoms with Gasteiger partial charge in [-0.15, -0.1) is 20.1 Å². The second-order valence-corrected chi connectivity index (χ2v) is 12.4. The SMILES string of the molecule is CCN(CC)S(=O)(=O)c1sc(C)c(NC2=NS(=O)N=C2NC(c2cc(C)c(C)o2)C(C)C)c1O. The van der Waals surface area contributed by atoms with Crippen LogP contribution in [-0.4, -0.2) is 46.8 Å². The van der Waals surface area contributed by atoms with Crippen LogP contribution in [0.25, 0.3) is 0 Å². The minimum atomic E-state index is -3.86. The highest BCUT2D eigenvalue weighted by molar-refractivity contribution is 7.91. The Labute approximate surface area is 207 Å². The normalized spacial score (nSPS) is 17.3. The summed E-state index contributed by atoms with van der Waals surface area (Å²) in [5.41, 5.74) is 1.21. The Balaban J connectivity index is 1.91. The second kappa shape index (κ2) is 10.2. The first-order chi connectivity index (χ1) is 15.9. The van der Waals surface area contributed by atoms with E-state index in [-0.39, 0.29) is 46.6 Å². The van der Waals surface area contributed by atoms with Gasteiger partial charge >= 0.3 is 0 Å². The fourth-order valence-electron chi connectivity index (χ4n) is 3.54. The van der Waals surface area contributed by atoms with Crippen LogP contribution in [-0.2, 0) is 21.2 Å². The maximum atomic E-state index is 13.0. The molecule has 10 nitrogen and oxygen atoms in total. The number of nitrogens with one attached hydrogen (secondary N) is 2. The molecule has 1 aliphatic heterocycles. The van der Waals surface area contributed by atoms with Gasteiger partial charge in [0, 0.05) is 18.0 Å². The van der Waals surface area contributed by atoms with Gasteiger partial charge in [-0.1, -0.05) is 27.7 Å². The van der Waals surface area contributed by atoms with Crippen molar-refractivity contribution in [3.05, 3.63) is 28.0 Å². The lowest BCUT2D eigenvalue weighted by Crippen LogP contribution is -2.38. The molecule has 34 heavy (non-hydrogen) atoms. The summed E-state index contributed by atoms with van der Waals surface area (Å²) in [6, 6.07) is 1.67. The topological polar surface area (TPSA) is 137 Å². The molecule has 0 amide bonds. The zero-order valence-corrected chi connectivity index (χ0v) is 22.7. The zero-order valence-electron chi connectivity index (χ0n) is 20.3. The summed E-state index contributed by atoms with van der Waals surface area (Å²) >= 11 is -0.896. The Morgan fingerprint density at radius 3 is 2.32 bits per heavy atom. The van der Waals surface area contributed by atoms with Crippen LogP contribution in [0.4, 0.5) is 5.69 Å². The second-order valence-electron chi connectivity index (χ2n) is 8.25. The molecule has 2 atom stereocenters. The molecule has 13 heteroatoms. The third kappa shape index (κ3) is 5.07. The molecule has 3 heterocycles. The van der Waals surface area contributed by atoms with E-state index in [1.54, 1.807) is 20.8 Å². The Morgan fingerprint density at radius 2 is 1.79 bits per heavy atom. The average Bonchev–Trinajstić information content (AvgIpc) is 3.37. The van der Waals surface area contributed by atoms with Crippen LogP contribution in [0.2, 0.25) is 0 Å². The first kappa shape index (κ1) is 26.4. The highest BCUT2D eigenvalue weighted by Crippen LogP contribution is 2.43.